The van der Waals surface area contributed by atoms with Crippen LogP contribution in [0.4, 0.5) is 0 Å². The number of amides is 1. The van der Waals surface area contributed by atoms with Gasteiger partial charge in [0.1, 0.15) is 17.1 Å². The lowest BCUT2D eigenvalue weighted by atomic mass is 10.1. The number of fused-ring (bicyclic) bond motifs is 1. The van der Waals surface area contributed by atoms with Crippen LogP contribution in [0.2, 0.25) is 0 Å². The van der Waals surface area contributed by atoms with Gasteiger partial charge in [-0.25, -0.2) is 4.98 Å². The summed E-state index contributed by atoms with van der Waals surface area (Å²) in [6, 6.07) is 11.5. The molecule has 0 saturated carbocycles. The number of rotatable bonds is 5. The van der Waals surface area contributed by atoms with Crippen molar-refractivity contribution in [2.24, 2.45) is 0 Å². The van der Waals surface area contributed by atoms with Crippen LogP contribution in [0, 0.1) is 0 Å². The zero-order valence-corrected chi connectivity index (χ0v) is 20.2. The second kappa shape index (κ2) is 10.1. The van der Waals surface area contributed by atoms with Gasteiger partial charge in [0.25, 0.3) is 11.5 Å². The van der Waals surface area contributed by atoms with Crippen LogP contribution in [0.1, 0.15) is 21.7 Å². The van der Waals surface area contributed by atoms with Gasteiger partial charge in [0, 0.05) is 87.0 Å². The van der Waals surface area contributed by atoms with Crippen molar-refractivity contribution in [2.45, 2.75) is 19.5 Å². The molecule has 0 unspecified atom stereocenters. The first-order valence-electron chi connectivity index (χ1n) is 11.6. The fourth-order valence-corrected chi connectivity index (χ4v) is 5.66. The van der Waals surface area contributed by atoms with E-state index in [0.29, 0.717) is 24.3 Å². The summed E-state index contributed by atoms with van der Waals surface area (Å²) < 4.78 is 9.40. The van der Waals surface area contributed by atoms with E-state index in [4.69, 9.17) is 4.74 Å². The summed E-state index contributed by atoms with van der Waals surface area (Å²) in [4.78, 5) is 35.1. The van der Waals surface area contributed by atoms with E-state index in [-0.39, 0.29) is 11.5 Å². The van der Waals surface area contributed by atoms with E-state index >= 15 is 0 Å². The maximum absolute atomic E-state index is 13.5. The highest BCUT2D eigenvalue weighted by atomic mass is 32.2. The van der Waals surface area contributed by atoms with Gasteiger partial charge in [0.2, 0.25) is 0 Å². The molecule has 0 bridgehead atoms. The molecule has 5 rings (SSSR count). The van der Waals surface area contributed by atoms with Gasteiger partial charge in [-0.05, 0) is 24.3 Å². The Labute approximate surface area is 203 Å². The number of carbonyl (C=O) groups is 1. The molecule has 0 radical (unpaired) electrons. The summed E-state index contributed by atoms with van der Waals surface area (Å²) in [5.41, 5.74) is 2.36. The molecule has 1 saturated heterocycles. The van der Waals surface area contributed by atoms with Gasteiger partial charge < -0.3 is 18.8 Å². The molecular weight excluding hydrogens is 450 g/mol. The fourth-order valence-electron chi connectivity index (χ4n) is 4.76. The van der Waals surface area contributed by atoms with Crippen LogP contribution in [-0.4, -0.2) is 74.6 Å². The van der Waals surface area contributed by atoms with Gasteiger partial charge >= 0.3 is 0 Å². The first-order chi connectivity index (χ1) is 16.7. The predicted molar refractivity (Wildman–Crippen MR) is 133 cm³/mol. The van der Waals surface area contributed by atoms with Crippen LogP contribution < -0.4 is 10.3 Å². The molecule has 0 atom stereocenters. The minimum atomic E-state index is -0.115. The highest BCUT2D eigenvalue weighted by Gasteiger charge is 2.29. The van der Waals surface area contributed by atoms with Crippen LogP contribution >= 0.6 is 11.8 Å². The molecule has 1 amide bonds. The fraction of sp³-hybridized carbons (Fsp3) is 0.400. The van der Waals surface area contributed by atoms with E-state index < -0.39 is 0 Å². The SMILES string of the molecule is COc1cc(=O)n2c(c1C(=O)N1CCSCC1)CCN(Cc1cccn1-c1ccccn1)CC2. The van der Waals surface area contributed by atoms with E-state index in [9.17, 15) is 9.59 Å². The predicted octanol–water partition coefficient (Wildman–Crippen LogP) is 2.29. The molecule has 3 aromatic rings. The summed E-state index contributed by atoms with van der Waals surface area (Å²) in [7, 11) is 1.53. The zero-order chi connectivity index (χ0) is 23.5. The number of carbonyl (C=O) groups excluding carboxylic acids is 1. The van der Waals surface area contributed by atoms with Gasteiger partial charge in [0.15, 0.2) is 0 Å². The number of aromatic nitrogens is 3. The lowest BCUT2D eigenvalue weighted by Gasteiger charge is -2.28. The summed E-state index contributed by atoms with van der Waals surface area (Å²) in [5.74, 6) is 3.11. The standard InChI is InChI=1S/C25H29N5O3S/c1-33-21-17-23(31)30-12-11-27(18-19-5-4-9-29(19)22-6-2-3-8-26-22)10-7-20(30)24(21)25(32)28-13-15-34-16-14-28/h2-6,8-9,17H,7,10-16,18H2,1H3. The summed E-state index contributed by atoms with van der Waals surface area (Å²) in [5, 5.41) is 0. The second-order valence-corrected chi connectivity index (χ2v) is 9.74. The van der Waals surface area contributed by atoms with Crippen molar-refractivity contribution in [3.8, 4) is 11.6 Å². The van der Waals surface area contributed by atoms with E-state index in [2.05, 4.69) is 20.5 Å². The van der Waals surface area contributed by atoms with E-state index in [1.165, 1.54) is 13.2 Å². The van der Waals surface area contributed by atoms with E-state index in [0.717, 1.165) is 61.4 Å². The zero-order valence-electron chi connectivity index (χ0n) is 19.4. The maximum Gasteiger partial charge on any atom is 0.259 e. The molecule has 8 nitrogen and oxygen atoms in total. The van der Waals surface area contributed by atoms with Gasteiger partial charge in [-0.1, -0.05) is 6.07 Å². The molecule has 2 aliphatic heterocycles. The van der Waals surface area contributed by atoms with Crippen molar-refractivity contribution in [2.75, 3.05) is 44.8 Å². The lowest BCUT2D eigenvalue weighted by molar-refractivity contribution is 0.0766. The first kappa shape index (κ1) is 22.7. The number of hydrogen-bond donors (Lipinski definition) is 0. The summed E-state index contributed by atoms with van der Waals surface area (Å²) >= 11 is 1.86. The lowest BCUT2D eigenvalue weighted by Crippen LogP contribution is -2.39. The number of thioether (sulfide) groups is 1. The third kappa shape index (κ3) is 4.50. The van der Waals surface area contributed by atoms with Crippen molar-refractivity contribution in [1.82, 2.24) is 23.9 Å². The number of pyridine rings is 2. The number of ether oxygens (including phenoxy) is 1. The Morgan fingerprint density at radius 3 is 2.71 bits per heavy atom. The molecule has 0 aliphatic carbocycles. The highest BCUT2D eigenvalue weighted by molar-refractivity contribution is 7.99. The minimum Gasteiger partial charge on any atom is -0.496 e. The van der Waals surface area contributed by atoms with Crippen molar-refractivity contribution in [1.29, 1.82) is 0 Å². The van der Waals surface area contributed by atoms with E-state index in [1.54, 1.807) is 10.8 Å². The second-order valence-electron chi connectivity index (χ2n) is 8.51. The first-order valence-corrected chi connectivity index (χ1v) is 12.8. The number of hydrogen-bond acceptors (Lipinski definition) is 6. The molecule has 0 spiro atoms. The summed E-state index contributed by atoms with van der Waals surface area (Å²) in [6.07, 6.45) is 4.43. The molecule has 9 heteroatoms. The van der Waals surface area contributed by atoms with Crippen LogP contribution in [-0.2, 0) is 19.5 Å². The Balaban J connectivity index is 1.41. The molecule has 3 aromatic heterocycles. The van der Waals surface area contributed by atoms with E-state index in [1.807, 2.05) is 47.1 Å². The Morgan fingerprint density at radius 2 is 1.94 bits per heavy atom. The van der Waals surface area contributed by atoms with Crippen LogP contribution in [0.5, 0.6) is 5.75 Å². The van der Waals surface area contributed by atoms with Crippen molar-refractivity contribution in [3.05, 3.63) is 76.1 Å². The Hall–Kier alpha value is -3.04. The maximum atomic E-state index is 13.5. The van der Waals surface area contributed by atoms with Crippen molar-refractivity contribution >= 4 is 17.7 Å². The van der Waals surface area contributed by atoms with Crippen LogP contribution in [0.25, 0.3) is 5.82 Å². The molecule has 34 heavy (non-hydrogen) atoms. The monoisotopic (exact) mass is 479 g/mol. The third-order valence-corrected chi connectivity index (χ3v) is 7.48. The normalized spacial score (nSPS) is 16.7. The van der Waals surface area contributed by atoms with Gasteiger partial charge in [-0.15, -0.1) is 0 Å². The largest absolute Gasteiger partial charge is 0.496 e. The van der Waals surface area contributed by atoms with Gasteiger partial charge in [-0.3, -0.25) is 14.5 Å². The summed E-state index contributed by atoms with van der Waals surface area (Å²) in [6.45, 7) is 4.19. The Kier molecular flexibility index (Phi) is 6.73. The molecule has 178 valence electrons. The van der Waals surface area contributed by atoms with Crippen LogP contribution in [0.3, 0.4) is 0 Å². The number of methoxy groups -OCH3 is 1. The number of nitrogens with zero attached hydrogens (tertiary/aromatic N) is 5. The van der Waals surface area contributed by atoms with Gasteiger partial charge in [0.05, 0.1) is 7.11 Å². The Bertz CT molecular complexity index is 1220. The topological polar surface area (TPSA) is 72.6 Å². The van der Waals surface area contributed by atoms with Crippen molar-refractivity contribution in [3.63, 3.8) is 0 Å². The van der Waals surface area contributed by atoms with Crippen molar-refractivity contribution < 1.29 is 9.53 Å². The molecule has 0 N–H and O–H groups in total. The molecule has 0 aromatic carbocycles. The average Bonchev–Trinajstić information content (AvgIpc) is 3.24. The molecule has 1 fully saturated rings. The average molecular weight is 480 g/mol. The van der Waals surface area contributed by atoms with Gasteiger partial charge in [-0.2, -0.15) is 11.8 Å². The molecule has 2 aliphatic rings. The van der Waals surface area contributed by atoms with Crippen LogP contribution in [0.15, 0.2) is 53.6 Å². The Morgan fingerprint density at radius 1 is 1.09 bits per heavy atom. The quantitative estimate of drug-likeness (QED) is 0.559. The molecule has 5 heterocycles. The highest BCUT2D eigenvalue weighted by Crippen LogP contribution is 2.26. The minimum absolute atomic E-state index is 0.0293. The third-order valence-electron chi connectivity index (χ3n) is 6.53. The smallest absolute Gasteiger partial charge is 0.259 e. The molecular formula is C25H29N5O3S.